The van der Waals surface area contributed by atoms with E-state index in [2.05, 4.69) is 26.0 Å². The quantitative estimate of drug-likeness (QED) is 0.0199. The van der Waals surface area contributed by atoms with Crippen molar-refractivity contribution in [1.82, 2.24) is 19.9 Å². The van der Waals surface area contributed by atoms with E-state index in [0.29, 0.717) is 76.7 Å². The second kappa shape index (κ2) is 30.5. The van der Waals surface area contributed by atoms with Gasteiger partial charge in [0.25, 0.3) is 0 Å². The van der Waals surface area contributed by atoms with Gasteiger partial charge in [-0.1, -0.05) is 49.9 Å². The summed E-state index contributed by atoms with van der Waals surface area (Å²) in [4.78, 5) is 51.6. The summed E-state index contributed by atoms with van der Waals surface area (Å²) in [7, 11) is 0. The lowest BCUT2D eigenvalue weighted by Crippen LogP contribution is -2.26. The van der Waals surface area contributed by atoms with E-state index in [1.165, 1.54) is 24.5 Å². The van der Waals surface area contributed by atoms with Gasteiger partial charge < -0.3 is 34.3 Å². The third kappa shape index (κ3) is 18.2. The van der Waals surface area contributed by atoms with Crippen LogP contribution in [0.2, 0.25) is 0 Å². The molecule has 0 radical (unpaired) electrons. The van der Waals surface area contributed by atoms with Crippen molar-refractivity contribution in [3.8, 4) is 67.5 Å². The van der Waals surface area contributed by atoms with Crippen LogP contribution in [0.15, 0.2) is 159 Å². The Morgan fingerprint density at radius 3 is 1.21 bits per heavy atom. The van der Waals surface area contributed by atoms with Gasteiger partial charge in [0.15, 0.2) is 0 Å². The molecule has 0 saturated heterocycles. The minimum Gasteiger partial charge on any atom is -0.494 e. The Labute approximate surface area is 475 Å². The van der Waals surface area contributed by atoms with Gasteiger partial charge >= 0.3 is 17.9 Å². The molecule has 14 nitrogen and oxygen atoms in total. The Hall–Kier alpha value is -9.05. The van der Waals surface area contributed by atoms with Gasteiger partial charge in [0.1, 0.15) is 23.0 Å². The summed E-state index contributed by atoms with van der Waals surface area (Å²) < 4.78 is 53.8. The fraction of sp³-hybridized carbons (Fsp3) is 0.288. The molecule has 0 aliphatic heterocycles. The van der Waals surface area contributed by atoms with Crippen molar-refractivity contribution in [2.75, 3.05) is 13.2 Å². The number of ether oxygens (including phenoxy) is 4. The number of hydrogen-bond donors (Lipinski definition) is 3. The van der Waals surface area contributed by atoms with Crippen LogP contribution in [0.3, 0.4) is 0 Å². The average Bonchev–Trinajstić information content (AvgIpc) is 3.48. The molecular formula is C66H66F2N4O10. The van der Waals surface area contributed by atoms with Crippen LogP contribution in [0.25, 0.3) is 44.5 Å². The number of aryl methyl sites for hydroxylation is 2. The monoisotopic (exact) mass is 1110 g/mol. The summed E-state index contributed by atoms with van der Waals surface area (Å²) in [5, 5.41) is 29.4. The summed E-state index contributed by atoms with van der Waals surface area (Å²) in [6.45, 7) is 0.916. The average molecular weight is 1110 g/mol. The van der Waals surface area contributed by atoms with E-state index >= 15 is 0 Å². The van der Waals surface area contributed by atoms with Crippen LogP contribution in [-0.2, 0) is 40.1 Å². The zero-order valence-corrected chi connectivity index (χ0v) is 45.6. The van der Waals surface area contributed by atoms with E-state index in [4.69, 9.17) is 18.9 Å². The van der Waals surface area contributed by atoms with Gasteiger partial charge in [-0.05, 0) is 203 Å². The molecule has 8 aromatic rings. The highest BCUT2D eigenvalue weighted by atomic mass is 19.1. The summed E-state index contributed by atoms with van der Waals surface area (Å²) in [6.07, 6.45) is 16.3. The highest BCUT2D eigenvalue weighted by molar-refractivity contribution is 5.76. The summed E-state index contributed by atoms with van der Waals surface area (Å²) in [5.74, 6) is -2.16. The van der Waals surface area contributed by atoms with Gasteiger partial charge in [0, 0.05) is 68.6 Å². The minimum atomic E-state index is -1.10. The smallest absolute Gasteiger partial charge is 0.303 e. The topological polar surface area (TPSA) is 200 Å². The highest BCUT2D eigenvalue weighted by Crippen LogP contribution is 2.35. The number of carbonyl (C=O) groups is 3. The number of unbranched alkanes of at least 4 members (excludes halogenated alkanes) is 6. The van der Waals surface area contributed by atoms with Crippen LogP contribution in [0.1, 0.15) is 99.3 Å². The van der Waals surface area contributed by atoms with Crippen LogP contribution in [-0.4, -0.2) is 72.7 Å². The predicted octanol–water partition coefficient (Wildman–Crippen LogP) is 14.3. The molecule has 4 heterocycles. The van der Waals surface area contributed by atoms with Gasteiger partial charge in [-0.2, -0.15) is 8.78 Å². The summed E-state index contributed by atoms with van der Waals surface area (Å²) in [6, 6.07) is 36.6. The molecule has 424 valence electrons. The first-order valence-electron chi connectivity index (χ1n) is 27.7. The number of hydrogen-bond acceptors (Lipinski definition) is 11. The molecule has 0 aliphatic rings. The van der Waals surface area contributed by atoms with Gasteiger partial charge in [-0.25, -0.2) is 9.97 Å². The van der Waals surface area contributed by atoms with Gasteiger partial charge in [-0.15, -0.1) is 0 Å². The first-order valence-corrected chi connectivity index (χ1v) is 27.7. The fourth-order valence-corrected chi connectivity index (χ4v) is 9.82. The fourth-order valence-electron chi connectivity index (χ4n) is 9.82. The molecule has 4 aromatic carbocycles. The molecule has 0 bridgehead atoms. The molecule has 0 spiro atoms. The van der Waals surface area contributed by atoms with Crippen molar-refractivity contribution in [2.24, 2.45) is 0 Å². The zero-order chi connectivity index (χ0) is 57.5. The normalized spacial score (nSPS) is 11.4. The third-order valence-electron chi connectivity index (χ3n) is 13.9. The Morgan fingerprint density at radius 1 is 0.415 bits per heavy atom. The maximum absolute atomic E-state index is 14.1. The van der Waals surface area contributed by atoms with E-state index in [1.54, 1.807) is 49.1 Å². The van der Waals surface area contributed by atoms with Crippen molar-refractivity contribution >= 4 is 17.9 Å². The number of aromatic nitrogens is 4. The van der Waals surface area contributed by atoms with E-state index in [0.717, 1.165) is 90.5 Å². The second-order valence-corrected chi connectivity index (χ2v) is 19.9. The Bertz CT molecular complexity index is 3260. The van der Waals surface area contributed by atoms with Crippen molar-refractivity contribution in [3.63, 3.8) is 0 Å². The van der Waals surface area contributed by atoms with Crippen molar-refractivity contribution < 1.29 is 57.4 Å². The Kier molecular flexibility index (Phi) is 22.0. The van der Waals surface area contributed by atoms with E-state index in [-0.39, 0.29) is 38.5 Å². The van der Waals surface area contributed by atoms with Crippen LogP contribution in [0, 0.1) is 11.9 Å². The molecule has 1 atom stereocenters. The standard InChI is InChI=1S/C66H66F2N4O10/c67-61-43-49(27-33-71-61)53-38-54(50-28-34-72-62(68)44-50)42-56(41-53)80-36-8-4-2-6-12-48-14-10-16-60(58(48)18-20-64(75)76)82-66(22-21-65(77)78)81-59-15-9-13-47(57(59)17-19-63(73)74)11-5-1-3-7-35-79-55-39-51(45-23-29-69-30-24-45)37-52(40-55)46-25-31-70-32-26-46/h9-10,13-16,23-34,37-44,66H,1-8,11-12,17-22,35-36H2,(H,73,74)(H,75,76)(H,77,78). The number of carboxylic acid groups (broad SMARTS) is 3. The SMILES string of the molecule is O=C(O)CCc1c(CCCCCCOc2cc(-c3ccncc3)cc(-c3ccncc3)c2)cccc1OC(CCC(=O)O)Oc1cccc(CCCCCCOc2cc(-c3ccnc(F)c3)cc(-c3ccnc(F)c3)c2)c1CCC(=O)O. The number of rotatable bonds is 33. The lowest BCUT2D eigenvalue weighted by Gasteiger charge is -2.25. The van der Waals surface area contributed by atoms with Crippen LogP contribution in [0.5, 0.6) is 23.0 Å². The third-order valence-corrected chi connectivity index (χ3v) is 13.9. The molecule has 0 amide bonds. The predicted molar refractivity (Wildman–Crippen MR) is 308 cm³/mol. The molecule has 82 heavy (non-hydrogen) atoms. The number of halogens is 2. The molecule has 4 aromatic heterocycles. The molecule has 8 rings (SSSR count). The summed E-state index contributed by atoms with van der Waals surface area (Å²) >= 11 is 0. The maximum atomic E-state index is 14.1. The number of pyridine rings is 4. The lowest BCUT2D eigenvalue weighted by molar-refractivity contribution is -0.139. The van der Waals surface area contributed by atoms with Crippen molar-refractivity contribution in [2.45, 2.75) is 109 Å². The first-order chi connectivity index (χ1) is 39.9. The minimum absolute atomic E-state index is 0.0417. The van der Waals surface area contributed by atoms with Crippen LogP contribution in [0.4, 0.5) is 8.78 Å². The number of nitrogens with zero attached hydrogens (tertiary/aromatic N) is 4. The molecule has 16 heteroatoms. The number of carboxylic acids is 3. The molecule has 0 fully saturated rings. The largest absolute Gasteiger partial charge is 0.494 e. The number of aliphatic carboxylic acids is 3. The molecular weight excluding hydrogens is 1050 g/mol. The zero-order valence-electron chi connectivity index (χ0n) is 45.6. The molecule has 0 aliphatic carbocycles. The second-order valence-electron chi connectivity index (χ2n) is 19.9. The van der Waals surface area contributed by atoms with E-state index < -0.39 is 36.1 Å². The number of benzene rings is 4. The highest BCUT2D eigenvalue weighted by Gasteiger charge is 2.22. The summed E-state index contributed by atoms with van der Waals surface area (Å²) in [5.41, 5.74) is 9.89. The van der Waals surface area contributed by atoms with Crippen molar-refractivity contribution in [3.05, 3.63) is 193 Å². The van der Waals surface area contributed by atoms with Crippen LogP contribution >= 0.6 is 0 Å². The Morgan fingerprint density at radius 2 is 0.805 bits per heavy atom. The van der Waals surface area contributed by atoms with Gasteiger partial charge in [-0.3, -0.25) is 24.4 Å². The van der Waals surface area contributed by atoms with Gasteiger partial charge in [0.05, 0.1) is 19.6 Å². The van der Waals surface area contributed by atoms with Crippen LogP contribution < -0.4 is 18.9 Å². The van der Waals surface area contributed by atoms with E-state index in [9.17, 15) is 38.5 Å². The van der Waals surface area contributed by atoms with Crippen molar-refractivity contribution in [1.29, 1.82) is 0 Å². The van der Waals surface area contributed by atoms with E-state index in [1.807, 2.05) is 78.9 Å². The molecule has 0 saturated carbocycles. The lowest BCUT2D eigenvalue weighted by atomic mass is 9.96. The first kappa shape index (κ1) is 59.1. The Balaban J connectivity index is 0.876. The maximum Gasteiger partial charge on any atom is 0.303 e. The van der Waals surface area contributed by atoms with Gasteiger partial charge in [0.2, 0.25) is 18.2 Å². The molecule has 1 unspecified atom stereocenters. The molecule has 3 N–H and O–H groups in total.